The fourth-order valence-corrected chi connectivity index (χ4v) is 1.79. The van der Waals surface area contributed by atoms with E-state index in [1.54, 1.807) is 0 Å². The van der Waals surface area contributed by atoms with Crippen LogP contribution < -0.4 is 11.6 Å². The topological polar surface area (TPSA) is 95.6 Å². The van der Waals surface area contributed by atoms with Crippen molar-refractivity contribution in [3.05, 3.63) is 36.7 Å². The van der Waals surface area contributed by atoms with Crippen LogP contribution in [0.1, 0.15) is 0 Å². The first-order valence-electron chi connectivity index (χ1n) is 5.07. The zero-order valence-electron chi connectivity index (χ0n) is 8.91. The summed E-state index contributed by atoms with van der Waals surface area (Å²) in [6.07, 6.45) is 1.37. The first-order chi connectivity index (χ1) is 8.27. The molecule has 84 valence electrons. The Bertz CT molecular complexity index is 673. The molecule has 0 saturated carbocycles. The van der Waals surface area contributed by atoms with Crippen molar-refractivity contribution in [2.75, 3.05) is 11.6 Å². The predicted octanol–water partition coefficient (Wildman–Crippen LogP) is 0.789. The molecule has 1 aromatic carbocycles. The third-order valence-electron chi connectivity index (χ3n) is 2.57. The number of hydrogen-bond donors (Lipinski definition) is 2. The standard InChI is InChI=1S/C11H10N6/c12-10-8-9(7-4-2-1-3-5-7)16-17(13)11(8)15-6-14-10/h1-6H,13H2,(H2,12,14,15). The molecule has 17 heavy (non-hydrogen) atoms. The molecule has 6 nitrogen and oxygen atoms in total. The van der Waals surface area contributed by atoms with Crippen molar-refractivity contribution in [1.82, 2.24) is 19.9 Å². The van der Waals surface area contributed by atoms with Crippen molar-refractivity contribution >= 4 is 16.9 Å². The van der Waals surface area contributed by atoms with Crippen molar-refractivity contribution in [3.8, 4) is 11.3 Å². The van der Waals surface area contributed by atoms with Gasteiger partial charge in [0.2, 0.25) is 0 Å². The summed E-state index contributed by atoms with van der Waals surface area (Å²) in [5, 5.41) is 4.91. The van der Waals surface area contributed by atoms with Crippen LogP contribution in [0, 0.1) is 0 Å². The summed E-state index contributed by atoms with van der Waals surface area (Å²) < 4.78 is 0. The number of benzene rings is 1. The first kappa shape index (κ1) is 9.59. The number of nitrogen functional groups attached to an aromatic ring is 2. The van der Waals surface area contributed by atoms with E-state index in [1.165, 1.54) is 11.1 Å². The minimum Gasteiger partial charge on any atom is -0.383 e. The number of rotatable bonds is 1. The Labute approximate surface area is 96.9 Å². The summed E-state index contributed by atoms with van der Waals surface area (Å²) in [6.45, 7) is 0. The van der Waals surface area contributed by atoms with Crippen LogP contribution in [0.25, 0.3) is 22.3 Å². The lowest BCUT2D eigenvalue weighted by atomic mass is 10.1. The van der Waals surface area contributed by atoms with Crippen molar-refractivity contribution < 1.29 is 0 Å². The van der Waals surface area contributed by atoms with Crippen molar-refractivity contribution in [2.45, 2.75) is 0 Å². The van der Waals surface area contributed by atoms with E-state index in [0.717, 1.165) is 5.56 Å². The summed E-state index contributed by atoms with van der Waals surface area (Å²) >= 11 is 0. The number of aromatic nitrogens is 4. The van der Waals surface area contributed by atoms with Crippen molar-refractivity contribution in [3.63, 3.8) is 0 Å². The van der Waals surface area contributed by atoms with Gasteiger partial charge in [-0.25, -0.2) is 9.97 Å². The Balaban J connectivity index is 2.38. The van der Waals surface area contributed by atoms with E-state index in [9.17, 15) is 0 Å². The monoisotopic (exact) mass is 226 g/mol. The summed E-state index contributed by atoms with van der Waals surface area (Å²) in [7, 11) is 0. The fraction of sp³-hybridized carbons (Fsp3) is 0. The molecule has 0 aliphatic rings. The van der Waals surface area contributed by atoms with Gasteiger partial charge in [-0.15, -0.1) is 5.10 Å². The molecule has 3 aromatic rings. The lowest BCUT2D eigenvalue weighted by Gasteiger charge is -1.98. The molecule has 0 bridgehead atoms. The minimum absolute atomic E-state index is 0.380. The lowest BCUT2D eigenvalue weighted by Crippen LogP contribution is -2.10. The number of anilines is 1. The summed E-state index contributed by atoms with van der Waals surface area (Å²) in [4.78, 5) is 9.25. The van der Waals surface area contributed by atoms with Crippen molar-refractivity contribution in [2.24, 2.45) is 0 Å². The van der Waals surface area contributed by atoms with Crippen LogP contribution in [0.5, 0.6) is 0 Å². The highest BCUT2D eigenvalue weighted by Crippen LogP contribution is 2.28. The quantitative estimate of drug-likeness (QED) is 0.598. The second-order valence-corrected chi connectivity index (χ2v) is 3.62. The van der Waals surface area contributed by atoms with Gasteiger partial charge >= 0.3 is 0 Å². The second kappa shape index (κ2) is 3.44. The molecule has 0 aliphatic carbocycles. The number of hydrogen-bond acceptors (Lipinski definition) is 5. The van der Waals surface area contributed by atoms with Crippen LogP contribution in [0.15, 0.2) is 36.7 Å². The highest BCUT2D eigenvalue weighted by atomic mass is 15.5. The van der Waals surface area contributed by atoms with E-state index in [2.05, 4.69) is 15.1 Å². The van der Waals surface area contributed by atoms with Gasteiger partial charge in [-0.1, -0.05) is 30.3 Å². The van der Waals surface area contributed by atoms with Gasteiger partial charge in [0, 0.05) is 5.56 Å². The van der Waals surface area contributed by atoms with Gasteiger partial charge < -0.3 is 11.6 Å². The predicted molar refractivity (Wildman–Crippen MR) is 65.3 cm³/mol. The van der Waals surface area contributed by atoms with Crippen molar-refractivity contribution in [1.29, 1.82) is 0 Å². The SMILES string of the molecule is Nc1ncnc2c1c(-c1ccccc1)nn2N. The van der Waals surface area contributed by atoms with E-state index in [-0.39, 0.29) is 0 Å². The largest absolute Gasteiger partial charge is 0.383 e. The van der Waals surface area contributed by atoms with Crippen LogP contribution in [0.4, 0.5) is 5.82 Å². The van der Waals surface area contributed by atoms with Gasteiger partial charge in [0.25, 0.3) is 0 Å². The maximum atomic E-state index is 5.85. The highest BCUT2D eigenvalue weighted by Gasteiger charge is 2.15. The molecule has 2 heterocycles. The molecule has 6 heteroatoms. The van der Waals surface area contributed by atoms with E-state index >= 15 is 0 Å². The molecular weight excluding hydrogens is 216 g/mol. The summed E-state index contributed by atoms with van der Waals surface area (Å²) in [5.41, 5.74) is 8.00. The Kier molecular flexibility index (Phi) is 1.94. The molecule has 0 fully saturated rings. The molecule has 0 amide bonds. The van der Waals surface area contributed by atoms with Crippen LogP contribution in [0.3, 0.4) is 0 Å². The average molecular weight is 226 g/mol. The third-order valence-corrected chi connectivity index (χ3v) is 2.57. The van der Waals surface area contributed by atoms with Gasteiger partial charge in [0.05, 0.1) is 5.39 Å². The van der Waals surface area contributed by atoms with Gasteiger partial charge in [0.15, 0.2) is 5.65 Å². The number of nitrogens with two attached hydrogens (primary N) is 2. The maximum Gasteiger partial charge on any atom is 0.186 e. The normalized spacial score (nSPS) is 10.8. The van der Waals surface area contributed by atoms with Crippen LogP contribution in [-0.4, -0.2) is 19.9 Å². The lowest BCUT2D eigenvalue weighted by molar-refractivity contribution is 0.852. The molecule has 0 unspecified atom stereocenters. The fourth-order valence-electron chi connectivity index (χ4n) is 1.79. The smallest absolute Gasteiger partial charge is 0.186 e. The average Bonchev–Trinajstić information content (AvgIpc) is 2.70. The Morgan fingerprint density at radius 3 is 2.59 bits per heavy atom. The second-order valence-electron chi connectivity index (χ2n) is 3.62. The Hall–Kier alpha value is -2.63. The van der Waals surface area contributed by atoms with Crippen LogP contribution >= 0.6 is 0 Å². The highest BCUT2D eigenvalue weighted by molar-refractivity contribution is 5.98. The zero-order chi connectivity index (χ0) is 11.8. The number of nitrogens with zero attached hydrogens (tertiary/aromatic N) is 4. The molecule has 0 spiro atoms. The van der Waals surface area contributed by atoms with Crippen LogP contribution in [0.2, 0.25) is 0 Å². The number of fused-ring (bicyclic) bond motifs is 1. The molecule has 0 radical (unpaired) electrons. The van der Waals surface area contributed by atoms with Gasteiger partial charge in [-0.3, -0.25) is 0 Å². The van der Waals surface area contributed by atoms with Crippen LogP contribution in [-0.2, 0) is 0 Å². The molecular formula is C11H10N6. The summed E-state index contributed by atoms with van der Waals surface area (Å²) in [5.74, 6) is 6.12. The van der Waals surface area contributed by atoms with Gasteiger partial charge in [-0.2, -0.15) is 4.79 Å². The minimum atomic E-state index is 0.380. The Morgan fingerprint density at radius 1 is 1.06 bits per heavy atom. The molecule has 3 rings (SSSR count). The zero-order valence-corrected chi connectivity index (χ0v) is 8.91. The van der Waals surface area contributed by atoms with Gasteiger partial charge in [-0.05, 0) is 0 Å². The molecule has 0 saturated heterocycles. The Morgan fingerprint density at radius 2 is 1.82 bits per heavy atom. The molecule has 2 aromatic heterocycles. The van der Waals surface area contributed by atoms with E-state index in [1.807, 2.05) is 30.3 Å². The van der Waals surface area contributed by atoms with E-state index < -0.39 is 0 Å². The summed E-state index contributed by atoms with van der Waals surface area (Å²) in [6, 6.07) is 9.67. The molecule has 4 N–H and O–H groups in total. The first-order valence-corrected chi connectivity index (χ1v) is 5.07. The molecule has 0 atom stereocenters. The molecule has 0 aliphatic heterocycles. The van der Waals surface area contributed by atoms with E-state index in [0.29, 0.717) is 22.5 Å². The van der Waals surface area contributed by atoms with E-state index in [4.69, 9.17) is 11.6 Å². The van der Waals surface area contributed by atoms with Gasteiger partial charge in [0.1, 0.15) is 17.8 Å². The maximum absolute atomic E-state index is 5.85. The third kappa shape index (κ3) is 1.38.